The van der Waals surface area contributed by atoms with Gasteiger partial charge in [0.15, 0.2) is 6.04 Å². The normalized spacial score (nSPS) is 20.4. The van der Waals surface area contributed by atoms with Crippen molar-refractivity contribution in [3.8, 4) is 0 Å². The number of halogens is 2. The number of alkyl halides is 2. The summed E-state index contributed by atoms with van der Waals surface area (Å²) < 4.78 is 4.66. The number of carbonyl (C=O) groups excluding carboxylic acids is 2. The number of nitrogens with zero attached hydrogens (tertiary/aromatic N) is 2. The zero-order valence-corrected chi connectivity index (χ0v) is 14.1. The number of carboxylic acid groups (broad SMARTS) is 1. The van der Waals surface area contributed by atoms with Gasteiger partial charge < -0.3 is 9.84 Å². The van der Waals surface area contributed by atoms with Gasteiger partial charge in [0.25, 0.3) is 5.91 Å². The summed E-state index contributed by atoms with van der Waals surface area (Å²) in [6.07, 6.45) is 0.110. The minimum absolute atomic E-state index is 0.183. The van der Waals surface area contributed by atoms with E-state index in [2.05, 4.69) is 36.6 Å². The van der Waals surface area contributed by atoms with Gasteiger partial charge in [0.1, 0.15) is 0 Å². The number of carbonyl (C=O) groups is 3. The van der Waals surface area contributed by atoms with Crippen LogP contribution in [0.3, 0.4) is 0 Å². The maximum absolute atomic E-state index is 12.4. The van der Waals surface area contributed by atoms with Crippen molar-refractivity contribution in [2.24, 2.45) is 0 Å². The Bertz CT molecular complexity index is 393. The van der Waals surface area contributed by atoms with Crippen LogP contribution in [0, 0.1) is 0 Å². The second-order valence-electron chi connectivity index (χ2n) is 4.21. The number of ether oxygens (including phenoxy) is 1. The molecule has 1 N–H and O–H groups in total. The smallest absolute Gasteiger partial charge is 0.426 e. The van der Waals surface area contributed by atoms with Crippen LogP contribution in [-0.4, -0.2) is 62.9 Å². The molecule has 1 fully saturated rings. The highest BCUT2D eigenvalue weighted by molar-refractivity contribution is 9.10. The van der Waals surface area contributed by atoms with Crippen LogP contribution in [0.25, 0.3) is 0 Å². The lowest BCUT2D eigenvalue weighted by Gasteiger charge is -2.41. The fourth-order valence-corrected chi connectivity index (χ4v) is 3.52. The summed E-state index contributed by atoms with van der Waals surface area (Å²) in [5.41, 5.74) is 0. The molecule has 9 heteroatoms. The molecular weight excluding hydrogens is 400 g/mol. The van der Waals surface area contributed by atoms with Crippen LogP contribution in [0.5, 0.6) is 0 Å². The topological polar surface area (TPSA) is 87.2 Å². The van der Waals surface area contributed by atoms with Gasteiger partial charge in [-0.3, -0.25) is 4.79 Å². The molecule has 0 aromatic carbocycles. The van der Waals surface area contributed by atoms with Gasteiger partial charge in [0.05, 0.1) is 11.9 Å². The van der Waals surface area contributed by atoms with E-state index in [1.807, 2.05) is 0 Å². The average molecular weight is 416 g/mol. The van der Waals surface area contributed by atoms with Crippen LogP contribution in [0.2, 0.25) is 0 Å². The maximum Gasteiger partial charge on any atom is 0.426 e. The van der Waals surface area contributed by atoms with E-state index in [0.29, 0.717) is 24.6 Å². The molecule has 2 atom stereocenters. The van der Waals surface area contributed by atoms with E-state index in [4.69, 9.17) is 0 Å². The molecule has 1 aliphatic rings. The quantitative estimate of drug-likeness (QED) is 0.556. The molecule has 1 aliphatic heterocycles. The van der Waals surface area contributed by atoms with E-state index in [1.54, 1.807) is 0 Å². The van der Waals surface area contributed by atoms with Crippen molar-refractivity contribution in [3.05, 3.63) is 0 Å². The first-order chi connectivity index (χ1) is 9.43. The van der Waals surface area contributed by atoms with Gasteiger partial charge in [-0.2, -0.15) is 0 Å². The third-order valence-corrected chi connectivity index (χ3v) is 4.26. The summed E-state index contributed by atoms with van der Waals surface area (Å²) in [5.74, 6) is -1.07. The molecule has 0 radical (unpaired) electrons. The molecule has 114 valence electrons. The first-order valence-corrected chi connectivity index (χ1v) is 8.09. The molecular formula is C11H16Br2N2O5. The predicted octanol–water partition coefficient (Wildman–Crippen LogP) is 1.59. The van der Waals surface area contributed by atoms with Crippen LogP contribution >= 0.6 is 31.9 Å². The number of hydrazine groups is 1. The van der Waals surface area contributed by atoms with Gasteiger partial charge in [-0.25, -0.2) is 19.6 Å². The molecule has 0 bridgehead atoms. The van der Waals surface area contributed by atoms with Crippen LogP contribution in [0.15, 0.2) is 0 Å². The summed E-state index contributed by atoms with van der Waals surface area (Å²) in [6.45, 7) is 0.183. The zero-order valence-electron chi connectivity index (χ0n) is 10.9. The number of esters is 1. The Morgan fingerprint density at radius 2 is 2.10 bits per heavy atom. The first kappa shape index (κ1) is 17.2. The van der Waals surface area contributed by atoms with Crippen molar-refractivity contribution in [1.29, 1.82) is 0 Å². The van der Waals surface area contributed by atoms with E-state index in [-0.39, 0.29) is 6.54 Å². The van der Waals surface area contributed by atoms with Crippen LogP contribution in [0.4, 0.5) is 4.79 Å². The van der Waals surface area contributed by atoms with Crippen molar-refractivity contribution in [2.75, 3.05) is 19.0 Å². The standard InChI is InChI=1S/C11H16Br2N2O5/c1-20-10(17)8-3-2-6-14(11(18)19)15(8)9(16)7(13)4-5-12/h7-8H,2-6H2,1H3,(H,18,19). The monoisotopic (exact) mass is 414 g/mol. The van der Waals surface area contributed by atoms with Crippen molar-refractivity contribution >= 4 is 49.8 Å². The van der Waals surface area contributed by atoms with Crippen LogP contribution in [0.1, 0.15) is 19.3 Å². The number of rotatable bonds is 4. The fourth-order valence-electron chi connectivity index (χ4n) is 2.01. The minimum atomic E-state index is -1.26. The molecule has 0 aliphatic carbocycles. The molecule has 20 heavy (non-hydrogen) atoms. The SMILES string of the molecule is COC(=O)C1CCCN(C(=O)O)N1C(=O)C(Br)CCBr. The largest absolute Gasteiger partial charge is 0.467 e. The summed E-state index contributed by atoms with van der Waals surface area (Å²) in [6, 6.07) is -0.896. The van der Waals surface area contributed by atoms with Crippen molar-refractivity contribution in [1.82, 2.24) is 10.0 Å². The van der Waals surface area contributed by atoms with Gasteiger partial charge in [-0.15, -0.1) is 0 Å². The van der Waals surface area contributed by atoms with Crippen LogP contribution in [-0.2, 0) is 14.3 Å². The lowest BCUT2D eigenvalue weighted by molar-refractivity contribution is -0.171. The lowest BCUT2D eigenvalue weighted by Crippen LogP contribution is -2.61. The number of hydrogen-bond donors (Lipinski definition) is 1. The minimum Gasteiger partial charge on any atom is -0.467 e. The second kappa shape index (κ2) is 7.82. The van der Waals surface area contributed by atoms with Crippen LogP contribution < -0.4 is 0 Å². The highest BCUT2D eigenvalue weighted by Gasteiger charge is 2.41. The summed E-state index contributed by atoms with van der Waals surface area (Å²) in [4.78, 5) is 34.8. The molecule has 0 saturated carbocycles. The number of amides is 2. The van der Waals surface area contributed by atoms with E-state index in [9.17, 15) is 19.5 Å². The van der Waals surface area contributed by atoms with Crippen molar-refractivity contribution < 1.29 is 24.2 Å². The maximum atomic E-state index is 12.4. The molecule has 0 aromatic rings. The summed E-state index contributed by atoms with van der Waals surface area (Å²) in [5, 5.41) is 11.7. The second-order valence-corrected chi connectivity index (χ2v) is 6.11. The molecule has 0 aromatic heterocycles. The molecule has 7 nitrogen and oxygen atoms in total. The Kier molecular flexibility index (Phi) is 6.74. The Morgan fingerprint density at radius 1 is 1.45 bits per heavy atom. The third kappa shape index (κ3) is 3.85. The Labute approximate surface area is 133 Å². The Hall–Kier alpha value is -0.830. The lowest BCUT2D eigenvalue weighted by atomic mass is 10.1. The third-order valence-electron chi connectivity index (χ3n) is 2.95. The van der Waals surface area contributed by atoms with Crippen molar-refractivity contribution in [2.45, 2.75) is 30.1 Å². The molecule has 1 rings (SSSR count). The van der Waals surface area contributed by atoms with Gasteiger partial charge >= 0.3 is 12.1 Å². The highest BCUT2D eigenvalue weighted by atomic mass is 79.9. The summed E-state index contributed by atoms with van der Waals surface area (Å²) in [7, 11) is 1.22. The Morgan fingerprint density at radius 3 is 2.60 bits per heavy atom. The van der Waals surface area contributed by atoms with Gasteiger partial charge in [0.2, 0.25) is 0 Å². The molecule has 1 heterocycles. The van der Waals surface area contributed by atoms with Gasteiger partial charge in [-0.05, 0) is 19.3 Å². The highest BCUT2D eigenvalue weighted by Crippen LogP contribution is 2.23. The first-order valence-electron chi connectivity index (χ1n) is 6.05. The van der Waals surface area contributed by atoms with Crippen molar-refractivity contribution in [3.63, 3.8) is 0 Å². The summed E-state index contributed by atoms with van der Waals surface area (Å²) >= 11 is 6.44. The fraction of sp³-hybridized carbons (Fsp3) is 0.727. The molecule has 2 amide bonds. The average Bonchev–Trinajstić information content (AvgIpc) is 2.44. The van der Waals surface area contributed by atoms with Gasteiger partial charge in [-0.1, -0.05) is 31.9 Å². The van der Waals surface area contributed by atoms with E-state index in [1.165, 1.54) is 7.11 Å². The molecule has 0 spiro atoms. The van der Waals surface area contributed by atoms with E-state index in [0.717, 1.165) is 10.0 Å². The number of hydrogen-bond acceptors (Lipinski definition) is 4. The predicted molar refractivity (Wildman–Crippen MR) is 77.7 cm³/mol. The Balaban J connectivity index is 3.02. The zero-order chi connectivity index (χ0) is 15.3. The molecule has 2 unspecified atom stereocenters. The number of methoxy groups -OCH3 is 1. The van der Waals surface area contributed by atoms with Gasteiger partial charge in [0, 0.05) is 11.9 Å². The molecule has 1 saturated heterocycles. The van der Waals surface area contributed by atoms with E-state index < -0.39 is 28.8 Å². The van der Waals surface area contributed by atoms with E-state index >= 15 is 0 Å².